The van der Waals surface area contributed by atoms with Gasteiger partial charge in [-0.25, -0.2) is 0 Å². The lowest BCUT2D eigenvalue weighted by Crippen LogP contribution is -2.32. The van der Waals surface area contributed by atoms with Crippen LogP contribution in [0.15, 0.2) is 36.7 Å². The van der Waals surface area contributed by atoms with E-state index in [1.165, 1.54) is 12.4 Å². The SMILES string of the molecule is Cc1ccc(Cl)cc1NC(=O)c1cncc(C(=O)N2CCCCCC2)c1. The molecule has 136 valence electrons. The van der Waals surface area contributed by atoms with Gasteiger partial charge in [0.15, 0.2) is 0 Å². The van der Waals surface area contributed by atoms with E-state index in [-0.39, 0.29) is 11.8 Å². The molecule has 2 heterocycles. The van der Waals surface area contributed by atoms with Crippen LogP contribution in [-0.4, -0.2) is 34.8 Å². The molecule has 1 saturated heterocycles. The highest BCUT2D eigenvalue weighted by Gasteiger charge is 2.19. The van der Waals surface area contributed by atoms with E-state index in [1.54, 1.807) is 18.2 Å². The summed E-state index contributed by atoms with van der Waals surface area (Å²) in [6, 6.07) is 6.92. The molecule has 2 aromatic rings. The van der Waals surface area contributed by atoms with Gasteiger partial charge in [-0.3, -0.25) is 14.6 Å². The van der Waals surface area contributed by atoms with Crippen LogP contribution >= 0.6 is 11.6 Å². The Morgan fingerprint density at radius 1 is 1.04 bits per heavy atom. The summed E-state index contributed by atoms with van der Waals surface area (Å²) in [5.74, 6) is -0.374. The maximum atomic E-state index is 12.7. The number of halogens is 1. The molecule has 1 aliphatic rings. The fraction of sp³-hybridized carbons (Fsp3) is 0.350. The Morgan fingerprint density at radius 2 is 1.73 bits per heavy atom. The third kappa shape index (κ3) is 4.41. The number of hydrogen-bond donors (Lipinski definition) is 1. The van der Waals surface area contributed by atoms with Gasteiger partial charge in [0.05, 0.1) is 11.1 Å². The smallest absolute Gasteiger partial charge is 0.257 e. The van der Waals surface area contributed by atoms with Crippen LogP contribution in [0.1, 0.15) is 52.0 Å². The number of nitrogens with zero attached hydrogens (tertiary/aromatic N) is 2. The number of pyridine rings is 1. The van der Waals surface area contributed by atoms with Gasteiger partial charge in [0.1, 0.15) is 0 Å². The molecule has 6 heteroatoms. The zero-order valence-electron chi connectivity index (χ0n) is 14.8. The summed E-state index contributed by atoms with van der Waals surface area (Å²) >= 11 is 6.00. The van der Waals surface area contributed by atoms with Crippen molar-refractivity contribution in [2.75, 3.05) is 18.4 Å². The average molecular weight is 372 g/mol. The molecule has 5 nitrogen and oxygen atoms in total. The fourth-order valence-corrected chi connectivity index (χ4v) is 3.23. The van der Waals surface area contributed by atoms with Crippen molar-refractivity contribution in [1.82, 2.24) is 9.88 Å². The van der Waals surface area contributed by atoms with Gasteiger partial charge in [-0.1, -0.05) is 30.5 Å². The van der Waals surface area contributed by atoms with Gasteiger partial charge >= 0.3 is 0 Å². The van der Waals surface area contributed by atoms with E-state index >= 15 is 0 Å². The fourth-order valence-electron chi connectivity index (χ4n) is 3.06. The number of aromatic nitrogens is 1. The highest BCUT2D eigenvalue weighted by molar-refractivity contribution is 6.31. The third-order valence-corrected chi connectivity index (χ3v) is 4.82. The Kier molecular flexibility index (Phi) is 5.89. The topological polar surface area (TPSA) is 62.3 Å². The molecular formula is C20H22ClN3O2. The molecule has 1 aromatic carbocycles. The first-order valence-corrected chi connectivity index (χ1v) is 9.24. The highest BCUT2D eigenvalue weighted by Crippen LogP contribution is 2.21. The van der Waals surface area contributed by atoms with Gasteiger partial charge in [0.2, 0.25) is 0 Å². The molecule has 0 saturated carbocycles. The van der Waals surface area contributed by atoms with Crippen molar-refractivity contribution in [2.24, 2.45) is 0 Å². The van der Waals surface area contributed by atoms with Crippen molar-refractivity contribution in [2.45, 2.75) is 32.6 Å². The van der Waals surface area contributed by atoms with Gasteiger partial charge < -0.3 is 10.2 Å². The maximum Gasteiger partial charge on any atom is 0.257 e. The van der Waals surface area contributed by atoms with E-state index in [0.717, 1.165) is 44.3 Å². The second-order valence-corrected chi connectivity index (χ2v) is 7.02. The Balaban J connectivity index is 1.76. The number of anilines is 1. The minimum absolute atomic E-state index is 0.0620. The molecule has 0 spiro atoms. The van der Waals surface area contributed by atoms with Crippen LogP contribution < -0.4 is 5.32 Å². The number of benzene rings is 1. The molecule has 1 N–H and O–H groups in total. The van der Waals surface area contributed by atoms with Crippen molar-refractivity contribution >= 4 is 29.1 Å². The van der Waals surface area contributed by atoms with Crippen LogP contribution in [0.5, 0.6) is 0 Å². The minimum Gasteiger partial charge on any atom is -0.339 e. The number of hydrogen-bond acceptors (Lipinski definition) is 3. The van der Waals surface area contributed by atoms with E-state index in [9.17, 15) is 9.59 Å². The van der Waals surface area contributed by atoms with Crippen molar-refractivity contribution in [3.05, 3.63) is 58.4 Å². The molecule has 0 unspecified atom stereocenters. The summed E-state index contributed by atoms with van der Waals surface area (Å²) in [7, 11) is 0. The number of likely N-dealkylation sites (tertiary alicyclic amines) is 1. The van der Waals surface area contributed by atoms with E-state index < -0.39 is 0 Å². The molecule has 0 bridgehead atoms. The third-order valence-electron chi connectivity index (χ3n) is 4.59. The quantitative estimate of drug-likeness (QED) is 0.874. The lowest BCUT2D eigenvalue weighted by Gasteiger charge is -2.20. The van der Waals surface area contributed by atoms with Gasteiger partial charge in [-0.05, 0) is 43.5 Å². The second kappa shape index (κ2) is 8.32. The van der Waals surface area contributed by atoms with Crippen molar-refractivity contribution in [3.63, 3.8) is 0 Å². The molecule has 1 aliphatic heterocycles. The van der Waals surface area contributed by atoms with Crippen LogP contribution in [-0.2, 0) is 0 Å². The Morgan fingerprint density at radius 3 is 2.46 bits per heavy atom. The molecule has 3 rings (SSSR count). The first-order valence-electron chi connectivity index (χ1n) is 8.86. The predicted molar refractivity (Wildman–Crippen MR) is 103 cm³/mol. The molecule has 1 fully saturated rings. The number of amides is 2. The minimum atomic E-state index is -0.312. The summed E-state index contributed by atoms with van der Waals surface area (Å²) in [6.07, 6.45) is 7.34. The highest BCUT2D eigenvalue weighted by atomic mass is 35.5. The van der Waals surface area contributed by atoms with Crippen LogP contribution in [0.4, 0.5) is 5.69 Å². The number of rotatable bonds is 3. The molecule has 26 heavy (non-hydrogen) atoms. The van der Waals surface area contributed by atoms with Crippen LogP contribution in [0.25, 0.3) is 0 Å². The van der Waals surface area contributed by atoms with Crippen molar-refractivity contribution in [3.8, 4) is 0 Å². The monoisotopic (exact) mass is 371 g/mol. The number of nitrogens with one attached hydrogen (secondary N) is 1. The molecule has 0 atom stereocenters. The van der Waals surface area contributed by atoms with Gasteiger partial charge in [0, 0.05) is 36.2 Å². The second-order valence-electron chi connectivity index (χ2n) is 6.58. The molecular weight excluding hydrogens is 350 g/mol. The van der Waals surface area contributed by atoms with E-state index in [0.29, 0.717) is 21.8 Å². The number of carbonyl (C=O) groups is 2. The normalized spacial score (nSPS) is 14.6. The van der Waals surface area contributed by atoms with Crippen molar-refractivity contribution in [1.29, 1.82) is 0 Å². The van der Waals surface area contributed by atoms with Gasteiger partial charge in [-0.2, -0.15) is 0 Å². The maximum absolute atomic E-state index is 12.7. The van der Waals surface area contributed by atoms with Crippen molar-refractivity contribution < 1.29 is 9.59 Å². The average Bonchev–Trinajstić information content (AvgIpc) is 2.93. The molecule has 1 aromatic heterocycles. The summed E-state index contributed by atoms with van der Waals surface area (Å²) < 4.78 is 0. The number of aryl methyl sites for hydroxylation is 1. The standard InChI is InChI=1S/C20H22ClN3O2/c1-14-6-7-17(21)11-18(14)23-19(25)15-10-16(13-22-12-15)20(26)24-8-4-2-3-5-9-24/h6-7,10-13H,2-5,8-9H2,1H3,(H,23,25). The first-order chi connectivity index (χ1) is 12.5. The number of carbonyl (C=O) groups excluding carboxylic acids is 2. The van der Waals surface area contributed by atoms with E-state index in [1.807, 2.05) is 17.9 Å². The Labute approximate surface area is 158 Å². The summed E-state index contributed by atoms with van der Waals surface area (Å²) in [5, 5.41) is 3.38. The summed E-state index contributed by atoms with van der Waals surface area (Å²) in [6.45, 7) is 3.41. The van der Waals surface area contributed by atoms with Crippen LogP contribution in [0.3, 0.4) is 0 Å². The van der Waals surface area contributed by atoms with Crippen LogP contribution in [0, 0.1) is 6.92 Å². The zero-order valence-corrected chi connectivity index (χ0v) is 15.6. The lowest BCUT2D eigenvalue weighted by molar-refractivity contribution is 0.0761. The first kappa shape index (κ1) is 18.4. The molecule has 0 radical (unpaired) electrons. The summed E-state index contributed by atoms with van der Waals surface area (Å²) in [4.78, 5) is 31.2. The lowest BCUT2D eigenvalue weighted by atomic mass is 10.1. The van der Waals surface area contributed by atoms with Crippen LogP contribution in [0.2, 0.25) is 5.02 Å². The largest absolute Gasteiger partial charge is 0.339 e. The molecule has 2 amide bonds. The van der Waals surface area contributed by atoms with E-state index in [4.69, 9.17) is 11.6 Å². The van der Waals surface area contributed by atoms with E-state index in [2.05, 4.69) is 10.3 Å². The summed E-state index contributed by atoms with van der Waals surface area (Å²) in [5.41, 5.74) is 2.35. The predicted octanol–water partition coefficient (Wildman–Crippen LogP) is 4.31. The Bertz CT molecular complexity index is 814. The Hall–Kier alpha value is -2.40. The van der Waals surface area contributed by atoms with Gasteiger partial charge in [0.25, 0.3) is 11.8 Å². The zero-order chi connectivity index (χ0) is 18.5. The van der Waals surface area contributed by atoms with Gasteiger partial charge in [-0.15, -0.1) is 0 Å². The molecule has 0 aliphatic carbocycles.